The van der Waals surface area contributed by atoms with Gasteiger partial charge in [-0.2, -0.15) is 0 Å². The summed E-state index contributed by atoms with van der Waals surface area (Å²) in [6, 6.07) is 2.29. The molecule has 6 nitrogen and oxygen atoms in total. The van der Waals surface area contributed by atoms with Gasteiger partial charge in [-0.25, -0.2) is 9.78 Å². The number of carbonyl (C=O) groups excluding carboxylic acids is 1. The van der Waals surface area contributed by atoms with E-state index in [-0.39, 0.29) is 12.1 Å². The average Bonchev–Trinajstić information content (AvgIpc) is 2.92. The van der Waals surface area contributed by atoms with Crippen LogP contribution >= 0.6 is 0 Å². The summed E-state index contributed by atoms with van der Waals surface area (Å²) in [4.78, 5) is 21.2. The highest BCUT2D eigenvalue weighted by molar-refractivity contribution is 5.70. The topological polar surface area (TPSA) is 57.7 Å². The fraction of sp³-hybridized carbons (Fsp3) is 0.667. The monoisotopic (exact) mass is 332 g/mol. The number of anilines is 2. The number of aryl methyl sites for hydroxylation is 1. The summed E-state index contributed by atoms with van der Waals surface area (Å²) in [5.41, 5.74) is 3.14. The van der Waals surface area contributed by atoms with Gasteiger partial charge >= 0.3 is 6.09 Å². The number of pyridine rings is 1. The van der Waals surface area contributed by atoms with Gasteiger partial charge in [0.25, 0.3) is 0 Å². The molecule has 0 radical (unpaired) electrons. The first kappa shape index (κ1) is 16.9. The quantitative estimate of drug-likeness (QED) is 0.857. The van der Waals surface area contributed by atoms with E-state index in [0.29, 0.717) is 6.54 Å². The Kier molecular flexibility index (Phi) is 4.32. The number of ether oxygens (including phenoxy) is 1. The standard InChI is InChI=1S/C18H28N4O2/c1-12-10-15(14-6-7-19-16(14)20-12)21-8-9-22(13(2)11-21)17(23)24-18(3,4)5/h10,13H,6-9,11H2,1-5H3,(H,19,20)/t13-/m0/s1. The van der Waals surface area contributed by atoms with Crippen LogP contribution < -0.4 is 10.2 Å². The zero-order valence-electron chi connectivity index (χ0n) is 15.3. The first-order valence-electron chi connectivity index (χ1n) is 8.73. The summed E-state index contributed by atoms with van der Waals surface area (Å²) in [7, 11) is 0. The molecule has 6 heteroatoms. The Hall–Kier alpha value is -1.98. The molecule has 2 aliphatic heterocycles. The Labute approximate surface area is 144 Å². The third-order valence-corrected chi connectivity index (χ3v) is 4.49. The van der Waals surface area contributed by atoms with E-state index in [2.05, 4.69) is 28.2 Å². The zero-order chi connectivity index (χ0) is 17.5. The normalized spacial score (nSPS) is 20.6. The number of piperazine rings is 1. The molecule has 1 aromatic rings. The predicted molar refractivity (Wildman–Crippen MR) is 95.8 cm³/mol. The molecule has 24 heavy (non-hydrogen) atoms. The molecule has 132 valence electrons. The fourth-order valence-corrected chi connectivity index (χ4v) is 3.43. The number of hydrogen-bond acceptors (Lipinski definition) is 5. The van der Waals surface area contributed by atoms with Gasteiger partial charge in [0.2, 0.25) is 0 Å². The molecule has 1 amide bonds. The maximum Gasteiger partial charge on any atom is 0.410 e. The second-order valence-corrected chi connectivity index (χ2v) is 7.76. The molecule has 0 spiro atoms. The molecule has 1 aromatic heterocycles. The van der Waals surface area contributed by atoms with E-state index in [1.807, 2.05) is 32.6 Å². The van der Waals surface area contributed by atoms with Crippen LogP contribution in [0.15, 0.2) is 6.07 Å². The maximum atomic E-state index is 12.4. The van der Waals surface area contributed by atoms with E-state index in [1.165, 1.54) is 11.3 Å². The van der Waals surface area contributed by atoms with Gasteiger partial charge in [0.05, 0.1) is 0 Å². The molecule has 0 aliphatic carbocycles. The van der Waals surface area contributed by atoms with Gasteiger partial charge in [-0.1, -0.05) is 0 Å². The number of fused-ring (bicyclic) bond motifs is 1. The third kappa shape index (κ3) is 3.42. The highest BCUT2D eigenvalue weighted by Crippen LogP contribution is 2.32. The van der Waals surface area contributed by atoms with Gasteiger partial charge in [-0.15, -0.1) is 0 Å². The van der Waals surface area contributed by atoms with E-state index in [1.54, 1.807) is 0 Å². The molecule has 1 fully saturated rings. The Balaban J connectivity index is 1.74. The van der Waals surface area contributed by atoms with Crippen molar-refractivity contribution in [2.75, 3.05) is 36.4 Å². The number of aromatic nitrogens is 1. The van der Waals surface area contributed by atoms with Crippen LogP contribution in [0.1, 0.15) is 39.0 Å². The molecule has 0 aromatic carbocycles. The smallest absolute Gasteiger partial charge is 0.410 e. The van der Waals surface area contributed by atoms with Crippen LogP contribution in [0.2, 0.25) is 0 Å². The van der Waals surface area contributed by atoms with Crippen molar-refractivity contribution in [1.82, 2.24) is 9.88 Å². The molecule has 1 saturated heterocycles. The molecule has 0 saturated carbocycles. The number of rotatable bonds is 1. The Bertz CT molecular complexity index is 639. The van der Waals surface area contributed by atoms with Gasteiger partial charge in [0.1, 0.15) is 11.4 Å². The SMILES string of the molecule is Cc1cc(N2CCN(C(=O)OC(C)(C)C)[C@@H](C)C2)c2c(n1)NCC2. The highest BCUT2D eigenvalue weighted by Gasteiger charge is 2.32. The van der Waals surface area contributed by atoms with Crippen LogP contribution in [0.3, 0.4) is 0 Å². The van der Waals surface area contributed by atoms with E-state index < -0.39 is 5.60 Å². The van der Waals surface area contributed by atoms with Gasteiger partial charge in [0, 0.05) is 49.2 Å². The first-order valence-corrected chi connectivity index (χ1v) is 8.73. The van der Waals surface area contributed by atoms with Crippen LogP contribution in [0, 0.1) is 6.92 Å². The molecule has 3 heterocycles. The lowest BCUT2D eigenvalue weighted by Crippen LogP contribution is -2.55. The molecule has 0 unspecified atom stereocenters. The van der Waals surface area contributed by atoms with Gasteiger partial charge < -0.3 is 19.9 Å². The van der Waals surface area contributed by atoms with Crippen molar-refractivity contribution in [3.05, 3.63) is 17.3 Å². The van der Waals surface area contributed by atoms with E-state index in [0.717, 1.165) is 37.6 Å². The number of carbonyl (C=O) groups is 1. The summed E-state index contributed by atoms with van der Waals surface area (Å²) in [5.74, 6) is 1.02. The molecule has 2 aliphatic rings. The van der Waals surface area contributed by atoms with Crippen LogP contribution in [0.25, 0.3) is 0 Å². The minimum Gasteiger partial charge on any atom is -0.444 e. The Morgan fingerprint density at radius 1 is 1.38 bits per heavy atom. The Morgan fingerprint density at radius 2 is 2.12 bits per heavy atom. The summed E-state index contributed by atoms with van der Waals surface area (Å²) in [6.07, 6.45) is 0.797. The van der Waals surface area contributed by atoms with Crippen molar-refractivity contribution >= 4 is 17.6 Å². The molecule has 1 atom stereocenters. The second-order valence-electron chi connectivity index (χ2n) is 7.76. The van der Waals surface area contributed by atoms with Gasteiger partial charge in [0.15, 0.2) is 0 Å². The predicted octanol–water partition coefficient (Wildman–Crippen LogP) is 2.80. The van der Waals surface area contributed by atoms with Gasteiger partial charge in [-0.05, 0) is 47.1 Å². The van der Waals surface area contributed by atoms with Crippen molar-refractivity contribution in [1.29, 1.82) is 0 Å². The van der Waals surface area contributed by atoms with E-state index >= 15 is 0 Å². The lowest BCUT2D eigenvalue weighted by atomic mass is 10.1. The van der Waals surface area contributed by atoms with Crippen molar-refractivity contribution in [3.8, 4) is 0 Å². The first-order chi connectivity index (χ1) is 11.2. The number of nitrogens with one attached hydrogen (secondary N) is 1. The van der Waals surface area contributed by atoms with E-state index in [4.69, 9.17) is 4.74 Å². The molecule has 1 N–H and O–H groups in total. The van der Waals surface area contributed by atoms with Crippen molar-refractivity contribution < 1.29 is 9.53 Å². The van der Waals surface area contributed by atoms with Crippen LogP contribution in [-0.2, 0) is 11.2 Å². The van der Waals surface area contributed by atoms with Gasteiger partial charge in [-0.3, -0.25) is 0 Å². The van der Waals surface area contributed by atoms with E-state index in [9.17, 15) is 4.79 Å². The molecule has 3 rings (SSSR count). The highest BCUT2D eigenvalue weighted by atomic mass is 16.6. The Morgan fingerprint density at radius 3 is 2.79 bits per heavy atom. The molecular formula is C18H28N4O2. The van der Waals surface area contributed by atoms with Crippen LogP contribution in [0.5, 0.6) is 0 Å². The largest absolute Gasteiger partial charge is 0.444 e. The number of nitrogens with zero attached hydrogens (tertiary/aromatic N) is 3. The summed E-state index contributed by atoms with van der Waals surface area (Å²) in [5, 5.41) is 3.36. The minimum atomic E-state index is -0.456. The molecule has 0 bridgehead atoms. The average molecular weight is 332 g/mol. The van der Waals surface area contributed by atoms with Crippen molar-refractivity contribution in [3.63, 3.8) is 0 Å². The zero-order valence-corrected chi connectivity index (χ0v) is 15.3. The maximum absolute atomic E-state index is 12.4. The number of hydrogen-bond donors (Lipinski definition) is 1. The lowest BCUT2D eigenvalue weighted by molar-refractivity contribution is 0.0159. The summed E-state index contributed by atoms with van der Waals surface area (Å²) < 4.78 is 5.53. The number of amides is 1. The summed E-state index contributed by atoms with van der Waals surface area (Å²) in [6.45, 7) is 13.1. The van der Waals surface area contributed by atoms with Crippen molar-refractivity contribution in [2.45, 2.75) is 52.7 Å². The molecular weight excluding hydrogens is 304 g/mol. The van der Waals surface area contributed by atoms with Crippen LogP contribution in [-0.4, -0.2) is 53.8 Å². The third-order valence-electron chi connectivity index (χ3n) is 4.49. The second kappa shape index (κ2) is 6.15. The summed E-state index contributed by atoms with van der Waals surface area (Å²) >= 11 is 0. The van der Waals surface area contributed by atoms with Crippen LogP contribution in [0.4, 0.5) is 16.3 Å². The lowest BCUT2D eigenvalue weighted by Gasteiger charge is -2.41. The fourth-order valence-electron chi connectivity index (χ4n) is 3.43. The van der Waals surface area contributed by atoms with Crippen molar-refractivity contribution in [2.24, 2.45) is 0 Å². The minimum absolute atomic E-state index is 0.118.